The zero-order valence-corrected chi connectivity index (χ0v) is 14.2. The number of nitrogens with zero attached hydrogens (tertiary/aromatic N) is 2. The number of nitrogens with one attached hydrogen (secondary N) is 1. The molecule has 0 aliphatic carbocycles. The molecule has 6 heteroatoms. The van der Waals surface area contributed by atoms with Crippen molar-refractivity contribution in [2.75, 3.05) is 5.32 Å². The first-order valence-electron chi connectivity index (χ1n) is 6.49. The van der Waals surface area contributed by atoms with Crippen LogP contribution in [0, 0.1) is 3.57 Å². The van der Waals surface area contributed by atoms with Crippen LogP contribution in [0.4, 0.5) is 5.69 Å². The van der Waals surface area contributed by atoms with Crippen LogP contribution >= 0.6 is 34.2 Å². The maximum absolute atomic E-state index is 12.2. The number of carbonyl (C=O) groups is 1. The molecule has 0 atom stereocenters. The van der Waals surface area contributed by atoms with Crippen molar-refractivity contribution in [3.8, 4) is 5.69 Å². The van der Waals surface area contributed by atoms with E-state index in [2.05, 4.69) is 33.0 Å². The summed E-state index contributed by atoms with van der Waals surface area (Å²) in [6.07, 6.45) is 3.22. The minimum atomic E-state index is -0.193. The maximum atomic E-state index is 12.2. The van der Waals surface area contributed by atoms with E-state index in [1.807, 2.05) is 36.4 Å². The van der Waals surface area contributed by atoms with E-state index in [-0.39, 0.29) is 5.91 Å². The first kappa shape index (κ1) is 15.1. The summed E-state index contributed by atoms with van der Waals surface area (Å²) in [6, 6.07) is 14.9. The second-order valence-electron chi connectivity index (χ2n) is 4.61. The molecular weight excluding hydrogens is 413 g/mol. The van der Waals surface area contributed by atoms with E-state index in [0.29, 0.717) is 10.6 Å². The number of halogens is 2. The lowest BCUT2D eigenvalue weighted by atomic mass is 10.3. The molecule has 0 fully saturated rings. The SMILES string of the molecule is O=C(Nc1ccc(I)cc1)c1cnn(-c2ccc(Cl)cc2)c1. The lowest BCUT2D eigenvalue weighted by molar-refractivity contribution is 0.102. The highest BCUT2D eigenvalue weighted by molar-refractivity contribution is 14.1. The lowest BCUT2D eigenvalue weighted by Gasteiger charge is -2.03. The van der Waals surface area contributed by atoms with E-state index in [1.165, 1.54) is 6.20 Å². The van der Waals surface area contributed by atoms with Crippen molar-refractivity contribution >= 4 is 45.8 Å². The van der Waals surface area contributed by atoms with Crippen LogP contribution < -0.4 is 5.32 Å². The molecule has 1 amide bonds. The summed E-state index contributed by atoms with van der Waals surface area (Å²) >= 11 is 8.08. The third-order valence-corrected chi connectivity index (χ3v) is 4.01. The molecule has 0 bridgehead atoms. The largest absolute Gasteiger partial charge is 0.322 e. The Bertz CT molecular complexity index is 797. The van der Waals surface area contributed by atoms with E-state index in [4.69, 9.17) is 11.6 Å². The highest BCUT2D eigenvalue weighted by atomic mass is 127. The Hall–Kier alpha value is -1.86. The third-order valence-electron chi connectivity index (χ3n) is 3.04. The molecule has 0 unspecified atom stereocenters. The monoisotopic (exact) mass is 423 g/mol. The van der Waals surface area contributed by atoms with Gasteiger partial charge in [0.05, 0.1) is 17.4 Å². The molecule has 1 aromatic heterocycles. The van der Waals surface area contributed by atoms with Gasteiger partial charge in [-0.25, -0.2) is 4.68 Å². The standard InChI is InChI=1S/C16H11ClIN3O/c17-12-1-7-15(8-2-12)21-10-11(9-19-21)16(22)20-14-5-3-13(18)4-6-14/h1-10H,(H,20,22). The van der Waals surface area contributed by atoms with E-state index >= 15 is 0 Å². The average Bonchev–Trinajstić information content (AvgIpc) is 3.00. The third kappa shape index (κ3) is 3.48. The summed E-state index contributed by atoms with van der Waals surface area (Å²) in [5.74, 6) is -0.193. The number of anilines is 1. The zero-order valence-electron chi connectivity index (χ0n) is 11.3. The predicted octanol–water partition coefficient (Wildman–Crippen LogP) is 4.38. The Labute approximate surface area is 146 Å². The first-order chi connectivity index (χ1) is 10.6. The molecule has 4 nitrogen and oxygen atoms in total. The second kappa shape index (κ2) is 6.50. The van der Waals surface area contributed by atoms with Crippen molar-refractivity contribution in [3.63, 3.8) is 0 Å². The number of carbonyl (C=O) groups excluding carboxylic acids is 1. The van der Waals surface area contributed by atoms with E-state index in [9.17, 15) is 4.79 Å². The van der Waals surface area contributed by atoms with Crippen LogP contribution in [0.15, 0.2) is 60.9 Å². The van der Waals surface area contributed by atoms with Gasteiger partial charge in [-0.05, 0) is 71.1 Å². The summed E-state index contributed by atoms with van der Waals surface area (Å²) in [7, 11) is 0. The van der Waals surface area contributed by atoms with Gasteiger partial charge in [0.15, 0.2) is 0 Å². The summed E-state index contributed by atoms with van der Waals surface area (Å²) in [4.78, 5) is 12.2. The molecule has 0 aliphatic rings. The fourth-order valence-electron chi connectivity index (χ4n) is 1.91. The molecule has 1 N–H and O–H groups in total. The maximum Gasteiger partial charge on any atom is 0.258 e. The van der Waals surface area contributed by atoms with Crippen LogP contribution in [-0.2, 0) is 0 Å². The van der Waals surface area contributed by atoms with Gasteiger partial charge < -0.3 is 5.32 Å². The van der Waals surface area contributed by atoms with E-state index in [1.54, 1.807) is 23.0 Å². The van der Waals surface area contributed by atoms with Crippen LogP contribution in [0.5, 0.6) is 0 Å². The molecule has 0 saturated carbocycles. The molecule has 0 saturated heterocycles. The molecule has 0 aliphatic heterocycles. The number of amides is 1. The second-order valence-corrected chi connectivity index (χ2v) is 6.29. The fraction of sp³-hybridized carbons (Fsp3) is 0. The molecule has 2 aromatic carbocycles. The molecule has 0 radical (unpaired) electrons. The van der Waals surface area contributed by atoms with Crippen LogP contribution in [0.3, 0.4) is 0 Å². The normalized spacial score (nSPS) is 10.5. The number of hydrogen-bond acceptors (Lipinski definition) is 2. The molecular formula is C16H11ClIN3O. The van der Waals surface area contributed by atoms with Crippen molar-refractivity contribution in [3.05, 3.63) is 75.1 Å². The minimum absolute atomic E-state index is 0.193. The molecule has 0 spiro atoms. The van der Waals surface area contributed by atoms with E-state index in [0.717, 1.165) is 14.9 Å². The number of rotatable bonds is 3. The van der Waals surface area contributed by atoms with Gasteiger partial charge in [0.25, 0.3) is 5.91 Å². The summed E-state index contributed by atoms with van der Waals surface area (Å²) in [5, 5.41) is 7.71. The minimum Gasteiger partial charge on any atom is -0.322 e. The van der Waals surface area contributed by atoms with Gasteiger partial charge >= 0.3 is 0 Å². The van der Waals surface area contributed by atoms with Gasteiger partial charge in [0.1, 0.15) is 0 Å². The van der Waals surface area contributed by atoms with Crippen molar-refractivity contribution in [1.82, 2.24) is 9.78 Å². The number of benzene rings is 2. The number of hydrogen-bond donors (Lipinski definition) is 1. The first-order valence-corrected chi connectivity index (χ1v) is 7.95. The van der Waals surface area contributed by atoms with E-state index < -0.39 is 0 Å². The Kier molecular flexibility index (Phi) is 4.44. The predicted molar refractivity (Wildman–Crippen MR) is 95.7 cm³/mol. The van der Waals surface area contributed by atoms with Gasteiger partial charge in [0, 0.05) is 20.5 Å². The lowest BCUT2D eigenvalue weighted by Crippen LogP contribution is -2.10. The average molecular weight is 424 g/mol. The van der Waals surface area contributed by atoms with Crippen LogP contribution in [0.25, 0.3) is 5.69 Å². The molecule has 110 valence electrons. The Balaban J connectivity index is 1.76. The van der Waals surface area contributed by atoms with Crippen molar-refractivity contribution in [2.45, 2.75) is 0 Å². The summed E-state index contributed by atoms with van der Waals surface area (Å²) in [5.41, 5.74) is 2.09. The van der Waals surface area contributed by atoms with Gasteiger partial charge in [-0.2, -0.15) is 5.10 Å². The Morgan fingerprint density at radius 1 is 1.09 bits per heavy atom. The summed E-state index contributed by atoms with van der Waals surface area (Å²) < 4.78 is 2.75. The smallest absolute Gasteiger partial charge is 0.258 e. The van der Waals surface area contributed by atoms with Crippen LogP contribution in [0.1, 0.15) is 10.4 Å². The topological polar surface area (TPSA) is 46.9 Å². The quantitative estimate of drug-likeness (QED) is 0.636. The van der Waals surface area contributed by atoms with Crippen molar-refractivity contribution in [2.24, 2.45) is 0 Å². The van der Waals surface area contributed by atoms with Gasteiger partial charge in [-0.15, -0.1) is 0 Å². The molecule has 3 rings (SSSR count). The highest BCUT2D eigenvalue weighted by Gasteiger charge is 2.09. The molecule has 22 heavy (non-hydrogen) atoms. The molecule has 3 aromatic rings. The molecule has 1 heterocycles. The summed E-state index contributed by atoms with van der Waals surface area (Å²) in [6.45, 7) is 0. The Morgan fingerprint density at radius 2 is 1.77 bits per heavy atom. The van der Waals surface area contributed by atoms with Gasteiger partial charge in [0.2, 0.25) is 0 Å². The number of aromatic nitrogens is 2. The van der Waals surface area contributed by atoms with Crippen LogP contribution in [0.2, 0.25) is 5.02 Å². The Morgan fingerprint density at radius 3 is 2.45 bits per heavy atom. The van der Waals surface area contributed by atoms with Crippen LogP contribution in [-0.4, -0.2) is 15.7 Å². The van der Waals surface area contributed by atoms with Gasteiger partial charge in [-0.3, -0.25) is 4.79 Å². The fourth-order valence-corrected chi connectivity index (χ4v) is 2.40. The zero-order chi connectivity index (χ0) is 15.5. The highest BCUT2D eigenvalue weighted by Crippen LogP contribution is 2.15. The van der Waals surface area contributed by atoms with Crippen molar-refractivity contribution < 1.29 is 4.79 Å². The van der Waals surface area contributed by atoms with Crippen molar-refractivity contribution in [1.29, 1.82) is 0 Å². The van der Waals surface area contributed by atoms with Gasteiger partial charge in [-0.1, -0.05) is 11.6 Å².